The smallest absolute Gasteiger partial charge is 0.115 e. The molecule has 1 atom stereocenters. The van der Waals surface area contributed by atoms with Crippen LogP contribution in [0.1, 0.15) is 17.5 Å². The zero-order chi connectivity index (χ0) is 10.3. The Bertz CT molecular complexity index is 371. The zero-order valence-corrected chi connectivity index (χ0v) is 8.95. The summed E-state index contributed by atoms with van der Waals surface area (Å²) < 4.78 is 0. The molecule has 1 aromatic carbocycles. The van der Waals surface area contributed by atoms with Gasteiger partial charge in [-0.25, -0.2) is 0 Å². The Labute approximate surface area is 90.5 Å². The van der Waals surface area contributed by atoms with E-state index < -0.39 is 0 Å². The van der Waals surface area contributed by atoms with Crippen molar-refractivity contribution >= 4 is 0 Å². The van der Waals surface area contributed by atoms with E-state index in [1.807, 2.05) is 12.1 Å². The first-order valence-corrected chi connectivity index (χ1v) is 5.84. The van der Waals surface area contributed by atoms with Crippen molar-refractivity contribution in [2.24, 2.45) is 5.92 Å². The van der Waals surface area contributed by atoms with Crippen LogP contribution in [0.3, 0.4) is 0 Å². The van der Waals surface area contributed by atoms with Gasteiger partial charge in [0.15, 0.2) is 0 Å². The average Bonchev–Trinajstić information content (AvgIpc) is 2.53. The van der Waals surface area contributed by atoms with Crippen molar-refractivity contribution in [1.82, 2.24) is 4.90 Å². The lowest BCUT2D eigenvalue weighted by Crippen LogP contribution is -2.40. The molecule has 0 bridgehead atoms. The highest BCUT2D eigenvalue weighted by Crippen LogP contribution is 2.30. The normalized spacial score (nSPS) is 24.9. The van der Waals surface area contributed by atoms with Crippen LogP contribution in [0.2, 0.25) is 0 Å². The largest absolute Gasteiger partial charge is 0.508 e. The molecule has 1 N–H and O–H groups in total. The van der Waals surface area contributed by atoms with Crippen LogP contribution in [-0.4, -0.2) is 29.6 Å². The summed E-state index contributed by atoms with van der Waals surface area (Å²) in [5.41, 5.74) is 2.80. The minimum absolute atomic E-state index is 0.415. The highest BCUT2D eigenvalue weighted by molar-refractivity contribution is 5.38. The molecule has 0 saturated carbocycles. The van der Waals surface area contributed by atoms with Crippen LogP contribution in [0.25, 0.3) is 0 Å². The lowest BCUT2D eigenvalue weighted by atomic mass is 10.0. The van der Waals surface area contributed by atoms with E-state index in [1.165, 1.54) is 43.6 Å². The van der Waals surface area contributed by atoms with Crippen LogP contribution in [-0.2, 0) is 12.8 Å². The molecule has 15 heavy (non-hydrogen) atoms. The van der Waals surface area contributed by atoms with Crippen molar-refractivity contribution in [3.05, 3.63) is 29.3 Å². The Hall–Kier alpha value is -1.02. The summed E-state index contributed by atoms with van der Waals surface area (Å²) in [7, 11) is 0. The Balaban J connectivity index is 1.68. The lowest BCUT2D eigenvalue weighted by Gasteiger charge is -2.32. The third-order valence-electron chi connectivity index (χ3n) is 3.67. The fraction of sp³-hybridized carbons (Fsp3) is 0.538. The summed E-state index contributed by atoms with van der Waals surface area (Å²) in [6.07, 6.45) is 3.73. The maximum atomic E-state index is 9.41. The van der Waals surface area contributed by atoms with Gasteiger partial charge in [0.05, 0.1) is 0 Å². The number of phenols is 1. The second-order valence-electron chi connectivity index (χ2n) is 4.88. The molecule has 1 aromatic rings. The van der Waals surface area contributed by atoms with E-state index >= 15 is 0 Å². The lowest BCUT2D eigenvalue weighted by molar-refractivity contribution is 0.154. The molecule has 0 aromatic heterocycles. The molecule has 1 aliphatic carbocycles. The summed E-state index contributed by atoms with van der Waals surface area (Å²) in [6, 6.07) is 5.83. The first-order chi connectivity index (χ1) is 7.31. The van der Waals surface area contributed by atoms with Crippen molar-refractivity contribution in [2.75, 3.05) is 19.6 Å². The maximum absolute atomic E-state index is 9.41. The third kappa shape index (κ3) is 1.74. The van der Waals surface area contributed by atoms with E-state index in [4.69, 9.17) is 0 Å². The molecule has 0 radical (unpaired) electrons. The van der Waals surface area contributed by atoms with Crippen LogP contribution in [0.4, 0.5) is 0 Å². The molecule has 1 aliphatic heterocycles. The number of rotatable bonds is 2. The number of aromatic hydroxyl groups is 1. The van der Waals surface area contributed by atoms with Gasteiger partial charge in [0, 0.05) is 6.54 Å². The summed E-state index contributed by atoms with van der Waals surface area (Å²) in [5, 5.41) is 9.41. The fourth-order valence-corrected chi connectivity index (χ4v) is 2.75. The first-order valence-electron chi connectivity index (χ1n) is 5.84. The number of phenolic OH excluding ortho intramolecular Hbond substituents is 1. The molecule has 2 heteroatoms. The number of hydrogen-bond acceptors (Lipinski definition) is 2. The number of likely N-dealkylation sites (tertiary alicyclic amines) is 1. The van der Waals surface area contributed by atoms with E-state index in [0.29, 0.717) is 5.75 Å². The molecule has 1 fully saturated rings. The van der Waals surface area contributed by atoms with Crippen LogP contribution in [0.15, 0.2) is 18.2 Å². The van der Waals surface area contributed by atoms with Gasteiger partial charge in [0.2, 0.25) is 0 Å². The summed E-state index contributed by atoms with van der Waals surface area (Å²) >= 11 is 0. The van der Waals surface area contributed by atoms with Crippen LogP contribution >= 0.6 is 0 Å². The number of benzene rings is 1. The molecule has 1 heterocycles. The first kappa shape index (κ1) is 9.22. The Morgan fingerprint density at radius 1 is 1.20 bits per heavy atom. The van der Waals surface area contributed by atoms with Crippen molar-refractivity contribution < 1.29 is 5.11 Å². The molecule has 0 amide bonds. The van der Waals surface area contributed by atoms with Gasteiger partial charge in [-0.05, 0) is 61.5 Å². The summed E-state index contributed by atoms with van der Waals surface area (Å²) in [6.45, 7) is 3.83. The van der Waals surface area contributed by atoms with E-state index in [2.05, 4.69) is 11.0 Å². The quantitative estimate of drug-likeness (QED) is 0.792. The highest BCUT2D eigenvalue weighted by atomic mass is 16.3. The molecule has 2 nitrogen and oxygen atoms in total. The molecule has 0 spiro atoms. The number of fused-ring (bicyclic) bond motifs is 1. The second kappa shape index (κ2) is 3.53. The molecule has 1 unspecified atom stereocenters. The van der Waals surface area contributed by atoms with E-state index in [1.54, 1.807) is 0 Å². The van der Waals surface area contributed by atoms with Crippen LogP contribution in [0.5, 0.6) is 5.75 Å². The molecule has 2 aliphatic rings. The average molecular weight is 203 g/mol. The van der Waals surface area contributed by atoms with Gasteiger partial charge < -0.3 is 10.0 Å². The van der Waals surface area contributed by atoms with E-state index in [0.717, 1.165) is 12.3 Å². The Morgan fingerprint density at radius 2 is 2.00 bits per heavy atom. The summed E-state index contributed by atoms with van der Waals surface area (Å²) in [4.78, 5) is 2.54. The monoisotopic (exact) mass is 203 g/mol. The Morgan fingerprint density at radius 3 is 2.73 bits per heavy atom. The zero-order valence-electron chi connectivity index (χ0n) is 8.95. The minimum atomic E-state index is 0.415. The van der Waals surface area contributed by atoms with Gasteiger partial charge in [-0.3, -0.25) is 0 Å². The number of hydrogen-bond donors (Lipinski definition) is 1. The van der Waals surface area contributed by atoms with Gasteiger partial charge in [-0.1, -0.05) is 6.07 Å². The van der Waals surface area contributed by atoms with Crippen molar-refractivity contribution in [2.45, 2.75) is 19.3 Å². The fourth-order valence-electron chi connectivity index (χ4n) is 2.75. The molecule has 80 valence electrons. The van der Waals surface area contributed by atoms with Gasteiger partial charge in [0.1, 0.15) is 5.75 Å². The minimum Gasteiger partial charge on any atom is -0.508 e. The van der Waals surface area contributed by atoms with Crippen LogP contribution < -0.4 is 0 Å². The highest BCUT2D eigenvalue weighted by Gasteiger charge is 2.25. The van der Waals surface area contributed by atoms with Gasteiger partial charge >= 0.3 is 0 Å². The van der Waals surface area contributed by atoms with Gasteiger partial charge in [0.25, 0.3) is 0 Å². The number of nitrogens with zero attached hydrogens (tertiary/aromatic N) is 1. The van der Waals surface area contributed by atoms with Crippen molar-refractivity contribution in [3.63, 3.8) is 0 Å². The van der Waals surface area contributed by atoms with Gasteiger partial charge in [-0.15, -0.1) is 0 Å². The SMILES string of the molecule is Oc1ccc2c(c1)CC(CN1CCC1)C2. The van der Waals surface area contributed by atoms with E-state index in [-0.39, 0.29) is 0 Å². The molecular weight excluding hydrogens is 186 g/mol. The third-order valence-corrected chi connectivity index (χ3v) is 3.67. The Kier molecular flexibility index (Phi) is 2.17. The van der Waals surface area contributed by atoms with Gasteiger partial charge in [-0.2, -0.15) is 0 Å². The predicted molar refractivity (Wildman–Crippen MR) is 60.1 cm³/mol. The predicted octanol–water partition coefficient (Wildman–Crippen LogP) is 1.81. The molecule has 3 rings (SSSR count). The van der Waals surface area contributed by atoms with Crippen molar-refractivity contribution in [1.29, 1.82) is 0 Å². The molecular formula is C13H17NO. The standard InChI is InChI=1S/C13H17NO/c15-13-3-2-11-6-10(7-12(11)8-13)9-14-4-1-5-14/h2-3,8,10,15H,1,4-7,9H2. The maximum Gasteiger partial charge on any atom is 0.115 e. The van der Waals surface area contributed by atoms with Crippen LogP contribution in [0, 0.1) is 5.92 Å². The molecule has 1 saturated heterocycles. The second-order valence-corrected chi connectivity index (χ2v) is 4.88. The van der Waals surface area contributed by atoms with E-state index in [9.17, 15) is 5.11 Å². The summed E-state index contributed by atoms with van der Waals surface area (Å²) in [5.74, 6) is 1.19. The topological polar surface area (TPSA) is 23.5 Å². The van der Waals surface area contributed by atoms with Crippen molar-refractivity contribution in [3.8, 4) is 5.75 Å².